The van der Waals surface area contributed by atoms with E-state index in [4.69, 9.17) is 15.2 Å². The number of nitrogens with one attached hydrogen (secondary N) is 1. The molecule has 3 fully saturated rings. The molecular weight excluding hydrogens is 362 g/mol. The Bertz CT molecular complexity index is 743. The smallest absolute Gasteiger partial charge is 0.244 e. The van der Waals surface area contributed by atoms with Crippen molar-refractivity contribution in [2.75, 3.05) is 24.7 Å². The van der Waals surface area contributed by atoms with Crippen molar-refractivity contribution in [3.05, 3.63) is 18.2 Å². The summed E-state index contributed by atoms with van der Waals surface area (Å²) in [5, 5.41) is 2.65. The van der Waals surface area contributed by atoms with Crippen molar-refractivity contribution < 1.29 is 23.9 Å². The van der Waals surface area contributed by atoms with Crippen LogP contribution in [0.3, 0.4) is 0 Å². The summed E-state index contributed by atoms with van der Waals surface area (Å²) in [5.74, 6) is -1.38. The average molecular weight is 382 g/mol. The first-order chi connectivity index (χ1) is 12.0. The third-order valence-corrected chi connectivity index (χ3v) is 5.19. The lowest BCUT2D eigenvalue weighted by molar-refractivity contribution is -0.145. The van der Waals surface area contributed by atoms with Gasteiger partial charge in [0, 0.05) is 5.69 Å². The molecular formula is C17H20ClN3O5. The van der Waals surface area contributed by atoms with Crippen molar-refractivity contribution in [2.24, 2.45) is 11.8 Å². The molecule has 0 spiro atoms. The number of nitrogens with zero attached hydrogens (tertiary/aromatic N) is 1. The summed E-state index contributed by atoms with van der Waals surface area (Å²) < 4.78 is 10.7. The van der Waals surface area contributed by atoms with E-state index in [1.54, 1.807) is 18.2 Å². The fourth-order valence-electron chi connectivity index (χ4n) is 4.09. The van der Waals surface area contributed by atoms with Crippen LogP contribution in [-0.4, -0.2) is 48.5 Å². The number of hydrogen-bond donors (Lipinski definition) is 2. The maximum atomic E-state index is 12.5. The van der Waals surface area contributed by atoms with Crippen molar-refractivity contribution in [3.63, 3.8) is 0 Å². The third kappa shape index (κ3) is 2.79. The number of anilines is 2. The van der Waals surface area contributed by atoms with E-state index >= 15 is 0 Å². The summed E-state index contributed by atoms with van der Waals surface area (Å²) in [6, 6.07) is 4.84. The quantitative estimate of drug-likeness (QED) is 0.589. The highest BCUT2D eigenvalue weighted by Gasteiger charge is 2.62. The van der Waals surface area contributed by atoms with Crippen LogP contribution < -0.4 is 15.8 Å². The second kappa shape index (κ2) is 6.77. The average Bonchev–Trinajstić information content (AvgIpc) is 3.25. The number of carbonyl (C=O) groups is 3. The van der Waals surface area contributed by atoms with Crippen molar-refractivity contribution in [3.8, 4) is 5.75 Å². The fraction of sp³-hybridized carbons (Fsp3) is 0.471. The summed E-state index contributed by atoms with van der Waals surface area (Å²) in [5.41, 5.74) is 6.67. The molecule has 1 aromatic rings. The van der Waals surface area contributed by atoms with E-state index in [-0.39, 0.29) is 43.0 Å². The topological polar surface area (TPSA) is 111 Å². The van der Waals surface area contributed by atoms with Gasteiger partial charge in [0.15, 0.2) is 0 Å². The highest BCUT2D eigenvalue weighted by Crippen LogP contribution is 2.48. The maximum absolute atomic E-state index is 12.5. The summed E-state index contributed by atoms with van der Waals surface area (Å²) in [6.45, 7) is -0.296. The Morgan fingerprint density at radius 2 is 1.88 bits per heavy atom. The largest absolute Gasteiger partial charge is 0.495 e. The lowest BCUT2D eigenvalue weighted by atomic mass is 9.81. The van der Waals surface area contributed by atoms with Gasteiger partial charge < -0.3 is 20.5 Å². The molecule has 2 bridgehead atoms. The van der Waals surface area contributed by atoms with Crippen LogP contribution >= 0.6 is 12.4 Å². The summed E-state index contributed by atoms with van der Waals surface area (Å²) in [7, 11) is 1.50. The van der Waals surface area contributed by atoms with Gasteiger partial charge in [0.2, 0.25) is 17.7 Å². The molecule has 3 amide bonds. The van der Waals surface area contributed by atoms with Crippen LogP contribution in [0, 0.1) is 11.8 Å². The minimum absolute atomic E-state index is 0. The predicted molar refractivity (Wildman–Crippen MR) is 94.9 cm³/mol. The van der Waals surface area contributed by atoms with Gasteiger partial charge in [-0.3, -0.25) is 19.3 Å². The lowest BCUT2D eigenvalue weighted by Crippen LogP contribution is -2.40. The molecule has 3 N–H and O–H groups in total. The molecule has 4 unspecified atom stereocenters. The SMILES string of the molecule is COc1ccc(NC(=O)CN2C(=O)C3C4CCC(O4)C3C2=O)cc1N.Cl. The van der Waals surface area contributed by atoms with Gasteiger partial charge >= 0.3 is 0 Å². The van der Waals surface area contributed by atoms with Gasteiger partial charge in [0.25, 0.3) is 0 Å². The Hall–Kier alpha value is -2.32. The molecule has 3 heterocycles. The number of benzene rings is 1. The van der Waals surface area contributed by atoms with E-state index < -0.39 is 17.7 Å². The Morgan fingerprint density at radius 3 is 2.42 bits per heavy atom. The molecule has 3 aliphatic heterocycles. The Kier molecular flexibility index (Phi) is 4.81. The molecule has 4 rings (SSSR count). The first-order valence-corrected chi connectivity index (χ1v) is 8.23. The molecule has 0 aliphatic carbocycles. The zero-order valence-corrected chi connectivity index (χ0v) is 15.0. The number of imide groups is 1. The number of hydrogen-bond acceptors (Lipinski definition) is 6. The standard InChI is InChI=1S/C17H19N3O5.ClH/c1-24-10-3-2-8(6-9(10)18)19-13(21)7-20-16(22)14-11-4-5-12(25-11)15(14)17(20)23;/h2-3,6,11-12,14-15H,4-5,7,18H2,1H3,(H,19,21);1H. The molecule has 0 radical (unpaired) electrons. The zero-order chi connectivity index (χ0) is 17.7. The van der Waals surface area contributed by atoms with Gasteiger partial charge in [-0.05, 0) is 31.0 Å². The Labute approximate surface area is 156 Å². The number of rotatable bonds is 4. The van der Waals surface area contributed by atoms with Gasteiger partial charge in [-0.2, -0.15) is 0 Å². The molecule has 8 nitrogen and oxygen atoms in total. The van der Waals surface area contributed by atoms with Crippen LogP contribution in [0.5, 0.6) is 5.75 Å². The lowest BCUT2D eigenvalue weighted by Gasteiger charge is -2.17. The number of nitrogen functional groups attached to an aromatic ring is 1. The van der Waals surface area contributed by atoms with Crippen LogP contribution in [-0.2, 0) is 19.1 Å². The molecule has 3 saturated heterocycles. The number of likely N-dealkylation sites (tertiary alicyclic amines) is 1. The van der Waals surface area contributed by atoms with Crippen molar-refractivity contribution in [1.29, 1.82) is 0 Å². The van der Waals surface area contributed by atoms with Crippen molar-refractivity contribution in [2.45, 2.75) is 25.0 Å². The number of amides is 3. The molecule has 0 aromatic heterocycles. The maximum Gasteiger partial charge on any atom is 0.244 e. The van der Waals surface area contributed by atoms with Gasteiger partial charge in [-0.15, -0.1) is 12.4 Å². The molecule has 4 atom stereocenters. The molecule has 9 heteroatoms. The minimum Gasteiger partial charge on any atom is -0.495 e. The third-order valence-electron chi connectivity index (χ3n) is 5.19. The molecule has 26 heavy (non-hydrogen) atoms. The Balaban J connectivity index is 0.00000196. The predicted octanol–water partition coefficient (Wildman–Crippen LogP) is 0.800. The first kappa shape index (κ1) is 18.5. The van der Waals surface area contributed by atoms with Crippen LogP contribution in [0.2, 0.25) is 0 Å². The van der Waals surface area contributed by atoms with E-state index in [1.807, 2.05) is 0 Å². The summed E-state index contributed by atoms with van der Waals surface area (Å²) >= 11 is 0. The van der Waals surface area contributed by atoms with E-state index in [9.17, 15) is 14.4 Å². The number of nitrogens with two attached hydrogens (primary N) is 1. The first-order valence-electron chi connectivity index (χ1n) is 8.23. The van der Waals surface area contributed by atoms with Crippen molar-refractivity contribution >= 4 is 41.5 Å². The molecule has 3 aliphatic rings. The fourth-order valence-corrected chi connectivity index (χ4v) is 4.09. The molecule has 140 valence electrons. The van der Waals surface area contributed by atoms with Crippen LogP contribution in [0.25, 0.3) is 0 Å². The van der Waals surface area contributed by atoms with E-state index in [0.717, 1.165) is 17.7 Å². The van der Waals surface area contributed by atoms with E-state index in [1.165, 1.54) is 7.11 Å². The second-order valence-corrected chi connectivity index (χ2v) is 6.61. The summed E-state index contributed by atoms with van der Waals surface area (Å²) in [6.07, 6.45) is 1.24. The van der Waals surface area contributed by atoms with Crippen LogP contribution in [0.1, 0.15) is 12.8 Å². The van der Waals surface area contributed by atoms with Gasteiger partial charge in [0.1, 0.15) is 12.3 Å². The number of methoxy groups -OCH3 is 1. The number of ether oxygens (including phenoxy) is 2. The van der Waals surface area contributed by atoms with E-state index in [2.05, 4.69) is 5.32 Å². The minimum atomic E-state index is -0.445. The number of halogens is 1. The molecule has 0 saturated carbocycles. The van der Waals surface area contributed by atoms with E-state index in [0.29, 0.717) is 17.1 Å². The van der Waals surface area contributed by atoms with Gasteiger partial charge in [0.05, 0.1) is 36.8 Å². The normalized spacial score (nSPS) is 28.7. The van der Waals surface area contributed by atoms with Crippen molar-refractivity contribution in [1.82, 2.24) is 4.90 Å². The van der Waals surface area contributed by atoms with Crippen LogP contribution in [0.15, 0.2) is 18.2 Å². The van der Waals surface area contributed by atoms with Gasteiger partial charge in [-0.1, -0.05) is 0 Å². The zero-order valence-electron chi connectivity index (χ0n) is 14.1. The number of carbonyl (C=O) groups excluding carboxylic acids is 3. The second-order valence-electron chi connectivity index (χ2n) is 6.61. The highest BCUT2D eigenvalue weighted by molar-refractivity contribution is 6.09. The summed E-state index contributed by atoms with van der Waals surface area (Å²) in [4.78, 5) is 38.4. The van der Waals surface area contributed by atoms with Gasteiger partial charge in [-0.25, -0.2) is 0 Å². The Morgan fingerprint density at radius 1 is 1.27 bits per heavy atom. The van der Waals surface area contributed by atoms with Crippen LogP contribution in [0.4, 0.5) is 11.4 Å². The monoisotopic (exact) mass is 381 g/mol. The highest BCUT2D eigenvalue weighted by atomic mass is 35.5. The number of fused-ring (bicyclic) bond motifs is 5. The molecule has 1 aromatic carbocycles.